The lowest BCUT2D eigenvalue weighted by Crippen LogP contribution is -2.36. The quantitative estimate of drug-likeness (QED) is 0.186. The minimum atomic E-state index is -4.74. The minimum Gasteiger partial charge on any atom is -0.390 e. The van der Waals surface area contributed by atoms with Crippen molar-refractivity contribution >= 4 is 19.5 Å². The van der Waals surface area contributed by atoms with E-state index in [2.05, 4.69) is 9.97 Å². The molecule has 0 radical (unpaired) electrons. The van der Waals surface area contributed by atoms with E-state index in [0.29, 0.717) is 0 Å². The number of aliphatic hydroxyl groups is 3. The molecule has 17 nitrogen and oxygen atoms in total. The summed E-state index contributed by atoms with van der Waals surface area (Å²) in [5.41, 5.74) is 9.34. The second-order valence-corrected chi connectivity index (χ2v) is 9.58. The van der Waals surface area contributed by atoms with Crippen LogP contribution in [0.1, 0.15) is 18.9 Å². The van der Waals surface area contributed by atoms with Gasteiger partial charge in [-0.1, -0.05) is 0 Å². The molecule has 4 rings (SSSR count). The smallest absolute Gasteiger partial charge is 0.390 e. The van der Waals surface area contributed by atoms with Gasteiger partial charge in [0.15, 0.2) is 6.23 Å². The van der Waals surface area contributed by atoms with Gasteiger partial charge < -0.3 is 41.2 Å². The zero-order valence-corrected chi connectivity index (χ0v) is 19.4. The average molecular weight is 532 g/mol. The standard InChI is InChI=1S/C18H25N6O11P/c19-11-1-3-23(17(28)21-11)13-5-8(25)9(34-13)6-32-36(30,31)33-7-10-14(26)15(27)16(35-10)24-4-2-12(20)22-18(24)29/h1-4,8-10,13-16,25-27H,5-7H2,(H,30,31)(H2,19,21,28)(H2,20,22,29). The number of anilines is 2. The van der Waals surface area contributed by atoms with Crippen molar-refractivity contribution in [3.63, 3.8) is 0 Å². The van der Waals surface area contributed by atoms with Crippen LogP contribution in [0.3, 0.4) is 0 Å². The van der Waals surface area contributed by atoms with Crippen LogP contribution in [-0.4, -0.2) is 83.0 Å². The number of hydrogen-bond donors (Lipinski definition) is 6. The van der Waals surface area contributed by atoms with Crippen molar-refractivity contribution in [2.24, 2.45) is 0 Å². The molecule has 2 aliphatic rings. The predicted molar refractivity (Wildman–Crippen MR) is 118 cm³/mol. The van der Waals surface area contributed by atoms with E-state index in [-0.39, 0.29) is 18.1 Å². The number of rotatable bonds is 8. The van der Waals surface area contributed by atoms with Gasteiger partial charge in [0.1, 0.15) is 42.3 Å². The van der Waals surface area contributed by atoms with Crippen molar-refractivity contribution in [1.82, 2.24) is 19.1 Å². The van der Waals surface area contributed by atoms with Gasteiger partial charge in [-0.3, -0.25) is 18.2 Å². The normalized spacial score (nSPS) is 31.9. The highest BCUT2D eigenvalue weighted by molar-refractivity contribution is 7.47. The van der Waals surface area contributed by atoms with Crippen LogP contribution in [0.25, 0.3) is 0 Å². The van der Waals surface area contributed by atoms with E-state index in [1.165, 1.54) is 24.5 Å². The molecular formula is C18H25N6O11P. The lowest BCUT2D eigenvalue weighted by atomic mass is 10.1. The Labute approximate surface area is 202 Å². The van der Waals surface area contributed by atoms with E-state index >= 15 is 0 Å². The number of nitrogens with two attached hydrogens (primary N) is 2. The van der Waals surface area contributed by atoms with E-state index in [4.69, 9.17) is 30.0 Å². The number of hydrogen-bond acceptors (Lipinski definition) is 14. The summed E-state index contributed by atoms with van der Waals surface area (Å²) in [6.45, 7) is -1.27. The van der Waals surface area contributed by atoms with Crippen molar-refractivity contribution < 1.29 is 43.3 Å². The van der Waals surface area contributed by atoms with E-state index in [9.17, 15) is 34.4 Å². The summed E-state index contributed by atoms with van der Waals surface area (Å²) < 4.78 is 35.0. The lowest BCUT2D eigenvalue weighted by molar-refractivity contribution is -0.0618. The minimum absolute atomic E-state index is 0.0143. The second-order valence-electron chi connectivity index (χ2n) is 8.12. The molecule has 4 heterocycles. The third-order valence-corrected chi connectivity index (χ3v) is 6.58. The maximum atomic E-state index is 12.3. The highest BCUT2D eigenvalue weighted by atomic mass is 31.2. The third-order valence-electron chi connectivity index (χ3n) is 5.63. The Bertz CT molecular complexity index is 1260. The van der Waals surface area contributed by atoms with Crippen LogP contribution in [-0.2, 0) is 23.1 Å². The molecule has 0 bridgehead atoms. The largest absolute Gasteiger partial charge is 0.472 e. The van der Waals surface area contributed by atoms with Gasteiger partial charge in [-0.25, -0.2) is 14.2 Å². The van der Waals surface area contributed by atoms with Crippen molar-refractivity contribution in [3.8, 4) is 0 Å². The average Bonchev–Trinajstić information content (AvgIpc) is 3.30. The third kappa shape index (κ3) is 5.64. The van der Waals surface area contributed by atoms with Crippen LogP contribution < -0.4 is 22.8 Å². The molecule has 198 valence electrons. The number of aromatic nitrogens is 4. The Balaban J connectivity index is 1.31. The lowest BCUT2D eigenvalue weighted by Gasteiger charge is -2.20. The number of ether oxygens (including phenoxy) is 2. The molecule has 2 fully saturated rings. The first-order valence-corrected chi connectivity index (χ1v) is 12.1. The summed E-state index contributed by atoms with van der Waals surface area (Å²) in [4.78, 5) is 41.0. The van der Waals surface area contributed by atoms with Gasteiger partial charge in [-0.2, -0.15) is 9.97 Å². The summed E-state index contributed by atoms with van der Waals surface area (Å²) in [6.07, 6.45) is -6.39. The van der Waals surface area contributed by atoms with Crippen LogP contribution >= 0.6 is 7.82 Å². The van der Waals surface area contributed by atoms with Crippen LogP contribution in [0.2, 0.25) is 0 Å². The number of nitrogen functional groups attached to an aromatic ring is 2. The van der Waals surface area contributed by atoms with Crippen LogP contribution in [0.4, 0.5) is 11.6 Å². The van der Waals surface area contributed by atoms with E-state index < -0.39 is 75.4 Å². The van der Waals surface area contributed by atoms with Crippen LogP contribution in [0, 0.1) is 0 Å². The number of phosphoric ester groups is 1. The molecule has 0 amide bonds. The van der Waals surface area contributed by atoms with Gasteiger partial charge in [0.25, 0.3) is 0 Å². The Hall–Kier alpha value is -2.73. The maximum Gasteiger partial charge on any atom is 0.472 e. The molecule has 0 aliphatic carbocycles. The molecule has 2 saturated heterocycles. The monoisotopic (exact) mass is 532 g/mol. The Morgan fingerprint density at radius 2 is 1.50 bits per heavy atom. The van der Waals surface area contributed by atoms with Gasteiger partial charge in [0.2, 0.25) is 0 Å². The van der Waals surface area contributed by atoms with E-state index in [1.807, 2.05) is 0 Å². The van der Waals surface area contributed by atoms with Gasteiger partial charge in [-0.05, 0) is 12.1 Å². The molecule has 0 saturated carbocycles. The molecule has 2 aliphatic heterocycles. The molecule has 0 spiro atoms. The molecule has 8 atom stereocenters. The highest BCUT2D eigenvalue weighted by Crippen LogP contribution is 2.45. The zero-order valence-electron chi connectivity index (χ0n) is 18.5. The molecule has 8 unspecified atom stereocenters. The van der Waals surface area contributed by atoms with Crippen molar-refractivity contribution in [1.29, 1.82) is 0 Å². The first-order chi connectivity index (χ1) is 16.9. The Morgan fingerprint density at radius 1 is 0.944 bits per heavy atom. The molecule has 36 heavy (non-hydrogen) atoms. The van der Waals surface area contributed by atoms with E-state index in [0.717, 1.165) is 9.13 Å². The predicted octanol–water partition coefficient (Wildman–Crippen LogP) is -2.93. The second kappa shape index (κ2) is 10.3. The number of phosphoric acid groups is 1. The Kier molecular flexibility index (Phi) is 7.56. The van der Waals surface area contributed by atoms with Crippen molar-refractivity contribution in [2.45, 2.75) is 49.4 Å². The fraction of sp³-hybridized carbons (Fsp3) is 0.556. The van der Waals surface area contributed by atoms with Crippen molar-refractivity contribution in [3.05, 3.63) is 45.5 Å². The first kappa shape index (κ1) is 26.3. The van der Waals surface area contributed by atoms with Crippen LogP contribution in [0.15, 0.2) is 34.1 Å². The number of nitrogens with zero attached hydrogens (tertiary/aromatic N) is 4. The van der Waals surface area contributed by atoms with Crippen molar-refractivity contribution in [2.75, 3.05) is 24.7 Å². The molecule has 18 heteroatoms. The summed E-state index contributed by atoms with van der Waals surface area (Å²) in [5, 5.41) is 30.7. The summed E-state index contributed by atoms with van der Waals surface area (Å²) in [7, 11) is -4.74. The zero-order chi connectivity index (χ0) is 26.2. The SMILES string of the molecule is Nc1ccn(C2CC(O)C(COP(=O)(O)OCC3OC(n4ccc(N)nc4=O)C(O)C3O)O2)c(=O)n1. The molecule has 2 aromatic rings. The highest BCUT2D eigenvalue weighted by Gasteiger charge is 2.45. The fourth-order valence-corrected chi connectivity index (χ4v) is 4.51. The Morgan fingerprint density at radius 3 is 2.08 bits per heavy atom. The van der Waals surface area contributed by atoms with Gasteiger partial charge in [0.05, 0.1) is 19.3 Å². The molecular weight excluding hydrogens is 507 g/mol. The van der Waals surface area contributed by atoms with Gasteiger partial charge in [-0.15, -0.1) is 0 Å². The molecule has 2 aromatic heterocycles. The summed E-state index contributed by atoms with van der Waals surface area (Å²) in [6, 6.07) is 2.66. The maximum absolute atomic E-state index is 12.3. The van der Waals surface area contributed by atoms with E-state index in [1.54, 1.807) is 0 Å². The molecule has 8 N–H and O–H groups in total. The summed E-state index contributed by atoms with van der Waals surface area (Å²) >= 11 is 0. The fourth-order valence-electron chi connectivity index (χ4n) is 3.77. The number of aliphatic hydroxyl groups excluding tert-OH is 3. The summed E-state index contributed by atoms with van der Waals surface area (Å²) in [5.74, 6) is -0.0390. The van der Waals surface area contributed by atoms with Gasteiger partial charge >= 0.3 is 19.2 Å². The van der Waals surface area contributed by atoms with Crippen LogP contribution in [0.5, 0.6) is 0 Å². The molecule has 0 aromatic carbocycles. The first-order valence-electron chi connectivity index (χ1n) is 10.6. The van der Waals surface area contributed by atoms with Gasteiger partial charge in [0, 0.05) is 18.8 Å². The topological polar surface area (TPSA) is 257 Å².